The molecule has 2 aromatic carbocycles. The lowest BCUT2D eigenvalue weighted by Gasteiger charge is -2.08. The lowest BCUT2D eigenvalue weighted by molar-refractivity contribution is -0.112. The highest BCUT2D eigenvalue weighted by Gasteiger charge is 2.13. The van der Waals surface area contributed by atoms with Gasteiger partial charge in [-0.3, -0.25) is 4.79 Å². The van der Waals surface area contributed by atoms with Crippen molar-refractivity contribution in [1.82, 2.24) is 0 Å². The molecule has 1 heterocycles. The van der Waals surface area contributed by atoms with Crippen LogP contribution in [-0.4, -0.2) is 19.0 Å². The predicted molar refractivity (Wildman–Crippen MR) is 114 cm³/mol. The number of methoxy groups -OCH3 is 1. The van der Waals surface area contributed by atoms with Crippen molar-refractivity contribution in [3.63, 3.8) is 0 Å². The lowest BCUT2D eigenvalue weighted by Crippen LogP contribution is -2.14. The number of nitrogens with one attached hydrogen (secondary N) is 1. The molecule has 0 aliphatic heterocycles. The van der Waals surface area contributed by atoms with Crippen LogP contribution < -0.4 is 5.32 Å². The first-order chi connectivity index (χ1) is 14.4. The first kappa shape index (κ1) is 20.9. The SMILES string of the molecule is COC(=O)c1ccc(-c2ccc(/C=C(/C#N)C(=O)Nc3cccc(Cl)c3C)o2)cc1. The molecular formula is C23H17ClN2O4. The van der Waals surface area contributed by atoms with Gasteiger partial charge in [-0.25, -0.2) is 4.79 Å². The van der Waals surface area contributed by atoms with Gasteiger partial charge >= 0.3 is 5.97 Å². The number of halogens is 1. The summed E-state index contributed by atoms with van der Waals surface area (Å²) in [6.45, 7) is 1.78. The molecule has 0 aliphatic rings. The van der Waals surface area contributed by atoms with E-state index in [0.717, 1.165) is 5.56 Å². The van der Waals surface area contributed by atoms with E-state index in [-0.39, 0.29) is 5.57 Å². The molecule has 150 valence electrons. The molecule has 3 aromatic rings. The summed E-state index contributed by atoms with van der Waals surface area (Å²) < 4.78 is 10.4. The highest BCUT2D eigenvalue weighted by molar-refractivity contribution is 6.31. The second kappa shape index (κ2) is 9.12. The summed E-state index contributed by atoms with van der Waals surface area (Å²) in [5.74, 6) is -0.120. The van der Waals surface area contributed by atoms with Crippen LogP contribution in [0.25, 0.3) is 17.4 Å². The van der Waals surface area contributed by atoms with Crippen LogP contribution >= 0.6 is 11.6 Å². The van der Waals surface area contributed by atoms with Gasteiger partial charge in [-0.2, -0.15) is 5.26 Å². The van der Waals surface area contributed by atoms with Gasteiger partial charge in [0.25, 0.3) is 5.91 Å². The third kappa shape index (κ3) is 4.59. The Bertz CT molecular complexity index is 1170. The minimum atomic E-state index is -0.566. The van der Waals surface area contributed by atoms with E-state index in [1.165, 1.54) is 13.2 Å². The van der Waals surface area contributed by atoms with E-state index in [1.807, 2.05) is 6.07 Å². The quantitative estimate of drug-likeness (QED) is 0.346. The number of amides is 1. The Balaban J connectivity index is 1.79. The number of carbonyl (C=O) groups is 2. The maximum absolute atomic E-state index is 12.5. The summed E-state index contributed by atoms with van der Waals surface area (Å²) >= 11 is 6.07. The molecule has 0 atom stereocenters. The molecule has 0 fully saturated rings. The highest BCUT2D eigenvalue weighted by atomic mass is 35.5. The zero-order valence-corrected chi connectivity index (χ0v) is 17.0. The summed E-state index contributed by atoms with van der Waals surface area (Å²) in [5.41, 5.74) is 2.28. The minimum absolute atomic E-state index is 0.115. The average Bonchev–Trinajstić information content (AvgIpc) is 3.23. The van der Waals surface area contributed by atoms with E-state index >= 15 is 0 Å². The molecule has 0 saturated heterocycles. The Kier molecular flexibility index (Phi) is 6.35. The fourth-order valence-corrected chi connectivity index (χ4v) is 2.87. The minimum Gasteiger partial charge on any atom is -0.465 e. The normalized spacial score (nSPS) is 10.9. The number of anilines is 1. The second-order valence-corrected chi connectivity index (χ2v) is 6.71. The van der Waals surface area contributed by atoms with Gasteiger partial charge in [0.2, 0.25) is 0 Å². The van der Waals surface area contributed by atoms with Gasteiger partial charge in [-0.05, 0) is 48.9 Å². The molecule has 1 amide bonds. The number of hydrogen-bond acceptors (Lipinski definition) is 5. The molecule has 0 aliphatic carbocycles. The van der Waals surface area contributed by atoms with Crippen LogP contribution in [0, 0.1) is 18.3 Å². The Hall–Kier alpha value is -3.82. The van der Waals surface area contributed by atoms with Crippen molar-refractivity contribution in [2.24, 2.45) is 0 Å². The zero-order valence-electron chi connectivity index (χ0n) is 16.2. The maximum Gasteiger partial charge on any atom is 0.337 e. The maximum atomic E-state index is 12.5. The third-order valence-electron chi connectivity index (χ3n) is 4.38. The Morgan fingerprint density at radius 3 is 2.53 bits per heavy atom. The van der Waals surface area contributed by atoms with Gasteiger partial charge in [0, 0.05) is 22.3 Å². The summed E-state index contributed by atoms with van der Waals surface area (Å²) in [6.07, 6.45) is 1.36. The van der Waals surface area contributed by atoms with Gasteiger partial charge in [0.05, 0.1) is 12.7 Å². The van der Waals surface area contributed by atoms with Crippen molar-refractivity contribution >= 4 is 35.2 Å². The third-order valence-corrected chi connectivity index (χ3v) is 4.79. The fraction of sp³-hybridized carbons (Fsp3) is 0.0870. The average molecular weight is 421 g/mol. The molecular weight excluding hydrogens is 404 g/mol. The number of benzene rings is 2. The van der Waals surface area contributed by atoms with Crippen LogP contribution in [0.3, 0.4) is 0 Å². The summed E-state index contributed by atoms with van der Waals surface area (Å²) in [4.78, 5) is 24.0. The van der Waals surface area contributed by atoms with Gasteiger partial charge in [0.1, 0.15) is 23.2 Å². The number of hydrogen-bond donors (Lipinski definition) is 1. The molecule has 1 aromatic heterocycles. The standard InChI is InChI=1S/C23H17ClN2O4/c1-14-19(24)4-3-5-20(14)26-22(27)17(13-25)12-18-10-11-21(30-18)15-6-8-16(9-7-15)23(28)29-2/h3-12H,1-2H3,(H,26,27)/b17-12-. The molecule has 6 nitrogen and oxygen atoms in total. The molecule has 30 heavy (non-hydrogen) atoms. The van der Waals surface area contributed by atoms with Crippen molar-refractivity contribution in [3.8, 4) is 17.4 Å². The van der Waals surface area contributed by atoms with E-state index < -0.39 is 11.9 Å². The van der Waals surface area contributed by atoms with E-state index in [9.17, 15) is 14.9 Å². The monoisotopic (exact) mass is 420 g/mol. The molecule has 1 N–H and O–H groups in total. The van der Waals surface area contributed by atoms with Crippen molar-refractivity contribution < 1.29 is 18.7 Å². The van der Waals surface area contributed by atoms with Gasteiger partial charge in [0.15, 0.2) is 0 Å². The van der Waals surface area contributed by atoms with E-state index in [4.69, 9.17) is 16.0 Å². The van der Waals surface area contributed by atoms with Crippen LogP contribution in [0.4, 0.5) is 5.69 Å². The van der Waals surface area contributed by atoms with Crippen LogP contribution in [0.1, 0.15) is 21.7 Å². The largest absolute Gasteiger partial charge is 0.465 e. The summed E-state index contributed by atoms with van der Waals surface area (Å²) in [6, 6.07) is 17.1. The predicted octanol–water partition coefficient (Wildman–Crippen LogP) is 5.24. The van der Waals surface area contributed by atoms with E-state index in [1.54, 1.807) is 61.5 Å². The van der Waals surface area contributed by atoms with Crippen molar-refractivity contribution in [2.45, 2.75) is 6.92 Å². The second-order valence-electron chi connectivity index (χ2n) is 6.31. The fourth-order valence-electron chi connectivity index (χ4n) is 2.70. The van der Waals surface area contributed by atoms with E-state index in [0.29, 0.717) is 33.4 Å². The van der Waals surface area contributed by atoms with Crippen LogP contribution in [0.15, 0.2) is 64.6 Å². The van der Waals surface area contributed by atoms with Gasteiger partial charge in [-0.1, -0.05) is 29.8 Å². The molecule has 3 rings (SSSR count). The topological polar surface area (TPSA) is 92.3 Å². The number of carbonyl (C=O) groups excluding carboxylic acids is 2. The van der Waals surface area contributed by atoms with Gasteiger partial charge < -0.3 is 14.5 Å². The summed E-state index contributed by atoms with van der Waals surface area (Å²) in [5, 5.41) is 12.6. The Labute approximate surface area is 178 Å². The molecule has 0 spiro atoms. The zero-order chi connectivity index (χ0) is 21.7. The number of ether oxygens (including phenoxy) is 1. The lowest BCUT2D eigenvalue weighted by atomic mass is 10.1. The van der Waals surface area contributed by atoms with Crippen molar-refractivity contribution in [1.29, 1.82) is 5.26 Å². The first-order valence-electron chi connectivity index (χ1n) is 8.89. The first-order valence-corrected chi connectivity index (χ1v) is 9.27. The molecule has 0 unspecified atom stereocenters. The number of esters is 1. The number of furan rings is 1. The number of rotatable bonds is 5. The van der Waals surface area contributed by atoms with Crippen molar-refractivity contribution in [2.75, 3.05) is 12.4 Å². The molecule has 0 bridgehead atoms. The van der Waals surface area contributed by atoms with E-state index in [2.05, 4.69) is 10.1 Å². The van der Waals surface area contributed by atoms with Crippen LogP contribution in [0.5, 0.6) is 0 Å². The molecule has 0 radical (unpaired) electrons. The summed E-state index contributed by atoms with van der Waals surface area (Å²) in [7, 11) is 1.32. The number of nitriles is 1. The van der Waals surface area contributed by atoms with Crippen molar-refractivity contribution in [3.05, 3.63) is 82.1 Å². The van der Waals surface area contributed by atoms with Crippen LogP contribution in [-0.2, 0) is 9.53 Å². The smallest absolute Gasteiger partial charge is 0.337 e. The molecule has 7 heteroatoms. The Morgan fingerprint density at radius 2 is 1.87 bits per heavy atom. The van der Waals surface area contributed by atoms with Crippen LogP contribution in [0.2, 0.25) is 5.02 Å². The Morgan fingerprint density at radius 1 is 1.13 bits per heavy atom. The number of nitrogens with zero attached hydrogens (tertiary/aromatic N) is 1. The van der Waals surface area contributed by atoms with Gasteiger partial charge in [-0.15, -0.1) is 0 Å². The highest BCUT2D eigenvalue weighted by Crippen LogP contribution is 2.25. The molecule has 0 saturated carbocycles.